The van der Waals surface area contributed by atoms with Crippen molar-refractivity contribution in [2.75, 3.05) is 13.7 Å². The SMILES string of the molecule is COc1cc(C2CC(=O)c3cccc(Cl)c3O2)c(OCCC(=O)O)cc1Cl. The van der Waals surface area contributed by atoms with Gasteiger partial charge in [0.15, 0.2) is 5.78 Å². The summed E-state index contributed by atoms with van der Waals surface area (Å²) < 4.78 is 16.8. The maximum Gasteiger partial charge on any atom is 0.306 e. The summed E-state index contributed by atoms with van der Waals surface area (Å²) in [5.74, 6) is -0.0745. The van der Waals surface area contributed by atoms with Gasteiger partial charge in [0, 0.05) is 11.6 Å². The van der Waals surface area contributed by atoms with Gasteiger partial charge in [0.25, 0.3) is 0 Å². The van der Waals surface area contributed by atoms with Crippen LogP contribution in [-0.4, -0.2) is 30.6 Å². The number of aliphatic carboxylic acids is 1. The standard InChI is InChI=1S/C19H16Cl2O6/c1-25-17-7-11(15(8-13(17)21)26-6-5-18(23)24)16-9-14(22)10-3-2-4-12(20)19(10)27-16/h2-4,7-8,16H,5-6,9H2,1H3,(H,23,24). The van der Waals surface area contributed by atoms with Gasteiger partial charge in [0.05, 0.1) is 42.2 Å². The number of halogens is 2. The summed E-state index contributed by atoms with van der Waals surface area (Å²) in [5, 5.41) is 9.44. The number of fused-ring (bicyclic) bond motifs is 1. The Morgan fingerprint density at radius 2 is 2.04 bits per heavy atom. The molecule has 1 aliphatic rings. The van der Waals surface area contributed by atoms with Gasteiger partial charge in [-0.15, -0.1) is 0 Å². The summed E-state index contributed by atoms with van der Waals surface area (Å²) in [6, 6.07) is 8.13. The summed E-state index contributed by atoms with van der Waals surface area (Å²) in [5.41, 5.74) is 0.952. The van der Waals surface area contributed by atoms with Gasteiger partial charge in [-0.1, -0.05) is 29.3 Å². The average molecular weight is 411 g/mol. The van der Waals surface area contributed by atoms with E-state index in [4.69, 9.17) is 42.5 Å². The molecule has 1 atom stereocenters. The molecule has 0 aliphatic carbocycles. The van der Waals surface area contributed by atoms with Gasteiger partial charge < -0.3 is 19.3 Å². The minimum Gasteiger partial charge on any atom is -0.495 e. The van der Waals surface area contributed by atoms with E-state index in [1.165, 1.54) is 13.2 Å². The highest BCUT2D eigenvalue weighted by molar-refractivity contribution is 6.33. The molecule has 1 unspecified atom stereocenters. The Bertz CT molecular complexity index is 896. The lowest BCUT2D eigenvalue weighted by molar-refractivity contribution is -0.137. The van der Waals surface area contributed by atoms with Crippen molar-refractivity contribution in [1.82, 2.24) is 0 Å². The number of ether oxygens (including phenoxy) is 3. The van der Waals surface area contributed by atoms with Crippen LogP contribution < -0.4 is 14.2 Å². The van der Waals surface area contributed by atoms with E-state index < -0.39 is 12.1 Å². The number of para-hydroxylation sites is 1. The van der Waals surface area contributed by atoms with Gasteiger partial charge in [0.1, 0.15) is 23.4 Å². The maximum absolute atomic E-state index is 12.5. The number of hydrogen-bond donors (Lipinski definition) is 1. The van der Waals surface area contributed by atoms with Crippen LogP contribution in [0, 0.1) is 0 Å². The molecule has 0 aromatic heterocycles. The third kappa shape index (κ3) is 4.12. The predicted octanol–water partition coefficient (Wildman–Crippen LogP) is 4.56. The molecule has 142 valence electrons. The first kappa shape index (κ1) is 19.3. The largest absolute Gasteiger partial charge is 0.495 e. The molecule has 1 N–H and O–H groups in total. The molecule has 0 bridgehead atoms. The van der Waals surface area contributed by atoms with Crippen LogP contribution in [0.15, 0.2) is 30.3 Å². The second-order valence-electron chi connectivity index (χ2n) is 5.87. The van der Waals surface area contributed by atoms with Crippen molar-refractivity contribution in [2.24, 2.45) is 0 Å². The van der Waals surface area contributed by atoms with Crippen LogP contribution in [0.4, 0.5) is 0 Å². The number of benzene rings is 2. The molecule has 6 nitrogen and oxygen atoms in total. The van der Waals surface area contributed by atoms with Crippen LogP contribution in [-0.2, 0) is 4.79 Å². The van der Waals surface area contributed by atoms with E-state index >= 15 is 0 Å². The van der Waals surface area contributed by atoms with E-state index in [1.807, 2.05) is 0 Å². The summed E-state index contributed by atoms with van der Waals surface area (Å²) in [7, 11) is 1.47. The third-order valence-electron chi connectivity index (χ3n) is 4.10. The lowest BCUT2D eigenvalue weighted by Crippen LogP contribution is -2.21. The number of methoxy groups -OCH3 is 1. The topological polar surface area (TPSA) is 82.1 Å². The zero-order chi connectivity index (χ0) is 19.6. The zero-order valence-electron chi connectivity index (χ0n) is 14.3. The highest BCUT2D eigenvalue weighted by Crippen LogP contribution is 2.44. The Labute approximate surface area is 165 Å². The highest BCUT2D eigenvalue weighted by atomic mass is 35.5. The molecule has 2 aromatic rings. The molecule has 0 saturated carbocycles. The number of Topliss-reactive ketones (excluding diaryl/α,β-unsaturated/α-hetero) is 1. The van der Waals surface area contributed by atoms with E-state index in [0.29, 0.717) is 38.4 Å². The van der Waals surface area contributed by atoms with E-state index in [9.17, 15) is 9.59 Å². The maximum atomic E-state index is 12.5. The van der Waals surface area contributed by atoms with Crippen molar-refractivity contribution in [3.05, 3.63) is 51.5 Å². The fourth-order valence-corrected chi connectivity index (χ4v) is 3.27. The van der Waals surface area contributed by atoms with Crippen LogP contribution in [0.2, 0.25) is 10.0 Å². The number of carboxylic acid groups (broad SMARTS) is 1. The van der Waals surface area contributed by atoms with Gasteiger partial charge in [-0.25, -0.2) is 0 Å². The molecule has 2 aromatic carbocycles. The molecule has 0 spiro atoms. The molecular weight excluding hydrogens is 395 g/mol. The average Bonchev–Trinajstić information content (AvgIpc) is 2.62. The highest BCUT2D eigenvalue weighted by Gasteiger charge is 2.31. The molecule has 0 radical (unpaired) electrons. The monoisotopic (exact) mass is 410 g/mol. The van der Waals surface area contributed by atoms with Gasteiger partial charge in [-0.05, 0) is 18.2 Å². The molecule has 8 heteroatoms. The molecule has 1 heterocycles. The number of carbonyl (C=O) groups is 2. The third-order valence-corrected chi connectivity index (χ3v) is 4.70. The van der Waals surface area contributed by atoms with Gasteiger partial charge in [0.2, 0.25) is 0 Å². The van der Waals surface area contributed by atoms with Crippen molar-refractivity contribution in [2.45, 2.75) is 18.9 Å². The molecular formula is C19H16Cl2O6. The first-order valence-electron chi connectivity index (χ1n) is 8.11. The quantitative estimate of drug-likeness (QED) is 0.751. The summed E-state index contributed by atoms with van der Waals surface area (Å²) in [6.45, 7) is -0.0526. The smallest absolute Gasteiger partial charge is 0.306 e. The predicted molar refractivity (Wildman–Crippen MR) is 99.5 cm³/mol. The Hall–Kier alpha value is -2.44. The minimum atomic E-state index is -0.985. The number of rotatable bonds is 6. The van der Waals surface area contributed by atoms with Gasteiger partial charge >= 0.3 is 5.97 Å². The fraction of sp³-hybridized carbons (Fsp3) is 0.263. The summed E-state index contributed by atoms with van der Waals surface area (Å²) in [6.07, 6.45) is -0.772. The Morgan fingerprint density at radius 1 is 1.26 bits per heavy atom. The second-order valence-corrected chi connectivity index (χ2v) is 6.68. The molecule has 0 fully saturated rings. The van der Waals surface area contributed by atoms with Crippen molar-refractivity contribution < 1.29 is 28.9 Å². The molecule has 0 saturated heterocycles. The van der Waals surface area contributed by atoms with Crippen LogP contribution in [0.25, 0.3) is 0 Å². The number of carbonyl (C=O) groups excluding carboxylic acids is 1. The van der Waals surface area contributed by atoms with Crippen LogP contribution >= 0.6 is 23.2 Å². The van der Waals surface area contributed by atoms with Crippen molar-refractivity contribution in [3.8, 4) is 17.2 Å². The number of carboxylic acids is 1. The minimum absolute atomic E-state index is 0.0526. The Balaban J connectivity index is 1.98. The van der Waals surface area contributed by atoms with Crippen LogP contribution in [0.1, 0.15) is 34.9 Å². The molecule has 3 rings (SSSR count). The Morgan fingerprint density at radius 3 is 2.74 bits per heavy atom. The molecule has 1 aliphatic heterocycles. The van der Waals surface area contributed by atoms with Gasteiger partial charge in [-0.2, -0.15) is 0 Å². The van der Waals surface area contributed by atoms with Gasteiger partial charge in [-0.3, -0.25) is 9.59 Å². The van der Waals surface area contributed by atoms with E-state index in [-0.39, 0.29) is 25.2 Å². The second kappa shape index (κ2) is 8.06. The van der Waals surface area contributed by atoms with Crippen molar-refractivity contribution >= 4 is 35.0 Å². The lowest BCUT2D eigenvalue weighted by atomic mass is 9.95. The van der Waals surface area contributed by atoms with Crippen molar-refractivity contribution in [3.63, 3.8) is 0 Å². The van der Waals surface area contributed by atoms with Crippen LogP contribution in [0.5, 0.6) is 17.2 Å². The van der Waals surface area contributed by atoms with E-state index in [1.54, 1.807) is 24.3 Å². The molecule has 27 heavy (non-hydrogen) atoms. The normalized spacial score (nSPS) is 15.7. The number of ketones is 1. The van der Waals surface area contributed by atoms with Crippen LogP contribution in [0.3, 0.4) is 0 Å². The summed E-state index contributed by atoms with van der Waals surface area (Å²) >= 11 is 12.3. The summed E-state index contributed by atoms with van der Waals surface area (Å²) in [4.78, 5) is 23.3. The first-order valence-corrected chi connectivity index (χ1v) is 8.86. The van der Waals surface area contributed by atoms with E-state index in [0.717, 1.165) is 0 Å². The van der Waals surface area contributed by atoms with E-state index in [2.05, 4.69) is 0 Å². The first-order chi connectivity index (χ1) is 12.9. The number of hydrogen-bond acceptors (Lipinski definition) is 5. The Kier molecular flexibility index (Phi) is 5.77. The lowest BCUT2D eigenvalue weighted by Gasteiger charge is -2.28. The fourth-order valence-electron chi connectivity index (χ4n) is 2.82. The zero-order valence-corrected chi connectivity index (χ0v) is 15.8. The van der Waals surface area contributed by atoms with Crippen molar-refractivity contribution in [1.29, 1.82) is 0 Å². The molecule has 0 amide bonds.